The van der Waals surface area contributed by atoms with Gasteiger partial charge in [-0.3, -0.25) is 4.79 Å². The van der Waals surface area contributed by atoms with E-state index in [1.807, 2.05) is 26.8 Å². The van der Waals surface area contributed by atoms with Crippen molar-refractivity contribution in [3.8, 4) is 0 Å². The minimum atomic E-state index is -0.281. The molecule has 0 saturated carbocycles. The Kier molecular flexibility index (Phi) is 4.68. The van der Waals surface area contributed by atoms with Crippen LogP contribution in [0.15, 0.2) is 64.7 Å². The van der Waals surface area contributed by atoms with Crippen molar-refractivity contribution < 1.29 is 18.7 Å². The molecular weight excluding hydrogens is 331 g/mol. The molecular formula is C22H21FO3. The molecule has 4 heteroatoms. The molecule has 1 aromatic rings. The molecule has 0 bridgehead atoms. The fraction of sp³-hybridized carbons (Fsp3) is 0.227. The second-order valence-corrected chi connectivity index (χ2v) is 6.50. The molecule has 3 nitrogen and oxygen atoms in total. The van der Waals surface area contributed by atoms with Gasteiger partial charge in [-0.05, 0) is 84.6 Å². The van der Waals surface area contributed by atoms with Crippen molar-refractivity contribution in [2.45, 2.75) is 20.8 Å². The van der Waals surface area contributed by atoms with E-state index in [2.05, 4.69) is 0 Å². The van der Waals surface area contributed by atoms with Crippen molar-refractivity contribution in [3.05, 3.63) is 81.6 Å². The maximum Gasteiger partial charge on any atom is 0.261 e. The third-order valence-electron chi connectivity index (χ3n) is 4.61. The Morgan fingerprint density at radius 2 is 1.65 bits per heavy atom. The minimum absolute atomic E-state index is 0.230. The smallest absolute Gasteiger partial charge is 0.261 e. The van der Waals surface area contributed by atoms with Crippen LogP contribution in [0.1, 0.15) is 31.9 Å². The topological polar surface area (TPSA) is 35.5 Å². The van der Waals surface area contributed by atoms with E-state index in [0.29, 0.717) is 0 Å². The largest absolute Gasteiger partial charge is 0.492 e. The highest BCUT2D eigenvalue weighted by Gasteiger charge is 2.26. The molecule has 0 heterocycles. The fourth-order valence-corrected chi connectivity index (χ4v) is 3.48. The Bertz CT molecular complexity index is 926. The number of hydrogen-bond donors (Lipinski definition) is 0. The molecule has 0 unspecified atom stereocenters. The van der Waals surface area contributed by atoms with E-state index in [1.165, 1.54) is 20.3 Å². The number of fused-ring (bicyclic) bond motifs is 1. The molecule has 134 valence electrons. The van der Waals surface area contributed by atoms with Crippen LogP contribution in [0.5, 0.6) is 0 Å². The van der Waals surface area contributed by atoms with Gasteiger partial charge in [0.2, 0.25) is 0 Å². The van der Waals surface area contributed by atoms with E-state index in [9.17, 15) is 9.18 Å². The Hall–Kier alpha value is -2.88. The van der Waals surface area contributed by atoms with Crippen molar-refractivity contribution in [3.63, 3.8) is 0 Å². The van der Waals surface area contributed by atoms with Crippen LogP contribution in [0.3, 0.4) is 0 Å². The maximum absolute atomic E-state index is 13.8. The summed E-state index contributed by atoms with van der Waals surface area (Å²) in [4.78, 5) is 12.1. The molecule has 0 saturated heterocycles. The molecule has 26 heavy (non-hydrogen) atoms. The number of ether oxygens (including phenoxy) is 2. The van der Waals surface area contributed by atoms with E-state index < -0.39 is 0 Å². The lowest BCUT2D eigenvalue weighted by Gasteiger charge is -2.14. The molecule has 0 atom stereocenters. The zero-order valence-electron chi connectivity index (χ0n) is 15.6. The van der Waals surface area contributed by atoms with E-state index in [4.69, 9.17) is 9.47 Å². The maximum atomic E-state index is 13.8. The van der Waals surface area contributed by atoms with Gasteiger partial charge < -0.3 is 9.47 Å². The highest BCUT2D eigenvalue weighted by molar-refractivity contribution is 6.08. The van der Waals surface area contributed by atoms with Gasteiger partial charge in [-0.1, -0.05) is 11.6 Å². The van der Waals surface area contributed by atoms with Crippen molar-refractivity contribution in [2.24, 2.45) is 0 Å². The van der Waals surface area contributed by atoms with Gasteiger partial charge in [-0.2, -0.15) is 0 Å². The van der Waals surface area contributed by atoms with Gasteiger partial charge in [0.05, 0.1) is 14.2 Å². The number of hydrogen-bond acceptors (Lipinski definition) is 3. The Morgan fingerprint density at radius 3 is 2.19 bits per heavy atom. The zero-order valence-corrected chi connectivity index (χ0v) is 15.6. The number of allylic oxidation sites excluding steroid dienone is 8. The predicted molar refractivity (Wildman–Crippen MR) is 101 cm³/mol. The van der Waals surface area contributed by atoms with Gasteiger partial charge in [0, 0.05) is 0 Å². The number of carbonyl (C=O) groups is 1. The highest BCUT2D eigenvalue weighted by atomic mass is 19.1. The first kappa shape index (κ1) is 17.9. The first-order valence-corrected chi connectivity index (χ1v) is 8.34. The number of Topliss-reactive ketones (excluding diaryl/α,β-unsaturated/α-hetero) is 1. The molecule has 0 N–H and O–H groups in total. The Labute approximate surface area is 152 Å². The number of carbonyl (C=O) groups excluding carboxylic acids is 1. The predicted octanol–water partition coefficient (Wildman–Crippen LogP) is 4.98. The quantitative estimate of drug-likeness (QED) is 0.770. The first-order valence-electron chi connectivity index (χ1n) is 8.34. The average Bonchev–Trinajstić information content (AvgIpc) is 2.87. The number of methoxy groups -OCH3 is 2. The Morgan fingerprint density at radius 1 is 1.04 bits per heavy atom. The summed E-state index contributed by atoms with van der Waals surface area (Å²) >= 11 is 0. The lowest BCUT2D eigenvalue weighted by molar-refractivity contribution is -0.117. The summed E-state index contributed by atoms with van der Waals surface area (Å²) in [6.07, 6.45) is 5.36. The monoisotopic (exact) mass is 352 g/mol. The summed E-state index contributed by atoms with van der Waals surface area (Å²) in [7, 11) is 2.92. The van der Waals surface area contributed by atoms with Gasteiger partial charge in [0.1, 0.15) is 5.82 Å². The van der Waals surface area contributed by atoms with E-state index >= 15 is 0 Å². The fourth-order valence-electron chi connectivity index (χ4n) is 3.48. The van der Waals surface area contributed by atoms with Gasteiger partial charge in [0.25, 0.3) is 5.78 Å². The van der Waals surface area contributed by atoms with Crippen molar-refractivity contribution in [2.75, 3.05) is 14.2 Å². The summed E-state index contributed by atoms with van der Waals surface area (Å²) in [5.41, 5.74) is 6.93. The summed E-state index contributed by atoms with van der Waals surface area (Å²) in [5, 5.41) is 0. The molecule has 2 aliphatic rings. The second-order valence-electron chi connectivity index (χ2n) is 6.50. The Balaban J connectivity index is 2.20. The van der Waals surface area contributed by atoms with Crippen LogP contribution in [0.25, 0.3) is 11.1 Å². The summed E-state index contributed by atoms with van der Waals surface area (Å²) in [5.74, 6) is -0.0745. The van der Waals surface area contributed by atoms with E-state index in [0.717, 1.165) is 39.0 Å². The van der Waals surface area contributed by atoms with Crippen LogP contribution >= 0.6 is 0 Å². The standard InChI is InChI=1S/C22H21FO3/c1-12(2)21-13(3)17(16-7-6-15(23)11-18(16)21)8-14-9-19(25-4)22(24)20(10-14)26-5/h6-11H,1-5H3. The molecule has 0 amide bonds. The summed E-state index contributed by atoms with van der Waals surface area (Å²) in [6, 6.07) is 4.84. The van der Waals surface area contributed by atoms with Crippen LogP contribution in [0, 0.1) is 5.82 Å². The number of rotatable bonds is 3. The second kappa shape index (κ2) is 6.79. The average molecular weight is 352 g/mol. The number of ketones is 1. The van der Waals surface area contributed by atoms with Crippen LogP contribution in [0.4, 0.5) is 4.39 Å². The van der Waals surface area contributed by atoms with Crippen LogP contribution in [-0.2, 0) is 14.3 Å². The number of benzene rings is 1. The van der Waals surface area contributed by atoms with Gasteiger partial charge in [0.15, 0.2) is 11.5 Å². The molecule has 0 aliphatic heterocycles. The number of halogens is 1. The first-order chi connectivity index (χ1) is 12.4. The van der Waals surface area contributed by atoms with Crippen molar-refractivity contribution in [1.82, 2.24) is 0 Å². The van der Waals surface area contributed by atoms with Crippen LogP contribution in [-0.4, -0.2) is 20.0 Å². The third kappa shape index (κ3) is 2.92. The van der Waals surface area contributed by atoms with Crippen LogP contribution < -0.4 is 0 Å². The normalized spacial score (nSPS) is 16.3. The highest BCUT2D eigenvalue weighted by Crippen LogP contribution is 2.44. The van der Waals surface area contributed by atoms with Gasteiger partial charge in [-0.15, -0.1) is 0 Å². The third-order valence-corrected chi connectivity index (χ3v) is 4.61. The van der Waals surface area contributed by atoms with E-state index in [-0.39, 0.29) is 23.1 Å². The molecule has 0 fully saturated rings. The van der Waals surface area contributed by atoms with Crippen LogP contribution in [0.2, 0.25) is 0 Å². The van der Waals surface area contributed by atoms with Gasteiger partial charge >= 0.3 is 0 Å². The van der Waals surface area contributed by atoms with E-state index in [1.54, 1.807) is 24.3 Å². The molecule has 2 aliphatic carbocycles. The summed E-state index contributed by atoms with van der Waals surface area (Å²) < 4.78 is 24.2. The van der Waals surface area contributed by atoms with Crippen molar-refractivity contribution >= 4 is 16.9 Å². The molecule has 0 radical (unpaired) electrons. The molecule has 3 rings (SSSR count). The minimum Gasteiger partial charge on any atom is -0.492 e. The molecule has 0 aromatic heterocycles. The summed E-state index contributed by atoms with van der Waals surface area (Å²) in [6.45, 7) is 6.08. The SMILES string of the molecule is COC1=CC(=CC2=C(C)C(=C(C)C)c3cc(F)ccc32)C=C(OC)C1=O. The lowest BCUT2D eigenvalue weighted by Crippen LogP contribution is -2.13. The lowest BCUT2D eigenvalue weighted by atomic mass is 9.99. The van der Waals surface area contributed by atoms with Crippen molar-refractivity contribution in [1.29, 1.82) is 0 Å². The zero-order chi connectivity index (χ0) is 19.0. The van der Waals surface area contributed by atoms with Gasteiger partial charge in [-0.25, -0.2) is 4.39 Å². The molecule has 0 spiro atoms. The molecule has 1 aromatic carbocycles.